The summed E-state index contributed by atoms with van der Waals surface area (Å²) < 4.78 is 5.30. The molecule has 1 N–H and O–H groups in total. The SMILES string of the molecule is O=C(Cc1ccc(Cl)cc1)N1CCCC(c2cc(C(=O)N3CCOCC3)n[nH]2)C1. The summed E-state index contributed by atoms with van der Waals surface area (Å²) in [6, 6.07) is 9.23. The highest BCUT2D eigenvalue weighted by Gasteiger charge is 2.28. The number of ether oxygens (including phenoxy) is 1. The maximum Gasteiger partial charge on any atom is 0.274 e. The van der Waals surface area contributed by atoms with Gasteiger partial charge in [0, 0.05) is 42.8 Å². The van der Waals surface area contributed by atoms with Crippen LogP contribution in [0.3, 0.4) is 0 Å². The van der Waals surface area contributed by atoms with Crippen LogP contribution >= 0.6 is 11.6 Å². The Bertz CT molecular complexity index is 861. The number of rotatable bonds is 4. The van der Waals surface area contributed by atoms with E-state index in [-0.39, 0.29) is 17.7 Å². The predicted octanol–water partition coefficient (Wildman–Crippen LogP) is 2.48. The van der Waals surface area contributed by atoms with Crippen molar-refractivity contribution in [3.63, 3.8) is 0 Å². The van der Waals surface area contributed by atoms with Crippen LogP contribution in [0, 0.1) is 0 Å². The molecular formula is C21H25ClN4O3. The number of likely N-dealkylation sites (tertiary alicyclic amines) is 1. The monoisotopic (exact) mass is 416 g/mol. The fourth-order valence-electron chi connectivity index (χ4n) is 3.93. The Labute approximate surface area is 175 Å². The first kappa shape index (κ1) is 19.9. The number of H-pyrrole nitrogens is 1. The summed E-state index contributed by atoms with van der Waals surface area (Å²) in [6.45, 7) is 3.72. The van der Waals surface area contributed by atoms with Crippen LogP contribution in [0.5, 0.6) is 0 Å². The van der Waals surface area contributed by atoms with E-state index in [1.54, 1.807) is 17.0 Å². The molecule has 2 amide bonds. The summed E-state index contributed by atoms with van der Waals surface area (Å²) in [7, 11) is 0. The molecule has 8 heteroatoms. The number of nitrogens with zero attached hydrogens (tertiary/aromatic N) is 3. The Morgan fingerprint density at radius 1 is 1.14 bits per heavy atom. The van der Waals surface area contributed by atoms with Crippen molar-refractivity contribution in [2.24, 2.45) is 0 Å². The van der Waals surface area contributed by atoms with Gasteiger partial charge in [-0.1, -0.05) is 23.7 Å². The van der Waals surface area contributed by atoms with Crippen LogP contribution in [-0.4, -0.2) is 71.2 Å². The summed E-state index contributed by atoms with van der Waals surface area (Å²) in [5.41, 5.74) is 2.32. The fraction of sp³-hybridized carbons (Fsp3) is 0.476. The van der Waals surface area contributed by atoms with E-state index in [9.17, 15) is 9.59 Å². The molecule has 0 spiro atoms. The Morgan fingerprint density at radius 3 is 2.66 bits per heavy atom. The maximum atomic E-state index is 12.7. The number of nitrogens with one attached hydrogen (secondary N) is 1. The second-order valence-corrected chi connectivity index (χ2v) is 8.03. The number of piperidine rings is 1. The van der Waals surface area contributed by atoms with E-state index in [4.69, 9.17) is 16.3 Å². The molecule has 0 saturated carbocycles. The van der Waals surface area contributed by atoms with E-state index < -0.39 is 0 Å². The van der Waals surface area contributed by atoms with Crippen LogP contribution in [0.1, 0.15) is 40.5 Å². The van der Waals surface area contributed by atoms with Gasteiger partial charge in [0.2, 0.25) is 5.91 Å². The van der Waals surface area contributed by atoms with Crippen molar-refractivity contribution in [2.75, 3.05) is 39.4 Å². The minimum absolute atomic E-state index is 0.0673. The van der Waals surface area contributed by atoms with Gasteiger partial charge in [-0.2, -0.15) is 5.10 Å². The molecule has 2 fully saturated rings. The minimum atomic E-state index is -0.0673. The molecule has 0 radical (unpaired) electrons. The van der Waals surface area contributed by atoms with Crippen molar-refractivity contribution in [3.8, 4) is 0 Å². The number of carbonyl (C=O) groups excluding carboxylic acids is 2. The molecule has 2 aromatic rings. The fourth-order valence-corrected chi connectivity index (χ4v) is 4.06. The third-order valence-corrected chi connectivity index (χ3v) is 5.85. The minimum Gasteiger partial charge on any atom is -0.378 e. The zero-order valence-corrected chi connectivity index (χ0v) is 17.0. The second kappa shape index (κ2) is 8.97. The third kappa shape index (κ3) is 4.79. The third-order valence-electron chi connectivity index (χ3n) is 5.60. The van der Waals surface area contributed by atoms with Crippen LogP contribution in [-0.2, 0) is 16.0 Å². The van der Waals surface area contributed by atoms with Crippen molar-refractivity contribution in [2.45, 2.75) is 25.2 Å². The number of amides is 2. The van der Waals surface area contributed by atoms with Gasteiger partial charge in [-0.05, 0) is 36.6 Å². The molecule has 2 aliphatic rings. The first-order valence-electron chi connectivity index (χ1n) is 10.0. The lowest BCUT2D eigenvalue weighted by molar-refractivity contribution is -0.131. The number of halogens is 1. The number of carbonyl (C=O) groups is 2. The summed E-state index contributed by atoms with van der Waals surface area (Å²) in [5, 5.41) is 7.94. The lowest BCUT2D eigenvalue weighted by Gasteiger charge is -2.32. The number of hydrogen-bond acceptors (Lipinski definition) is 4. The average Bonchev–Trinajstić information content (AvgIpc) is 3.26. The van der Waals surface area contributed by atoms with Crippen molar-refractivity contribution in [1.82, 2.24) is 20.0 Å². The molecule has 0 bridgehead atoms. The van der Waals surface area contributed by atoms with Crippen molar-refractivity contribution in [1.29, 1.82) is 0 Å². The van der Waals surface area contributed by atoms with E-state index in [1.807, 2.05) is 23.1 Å². The molecule has 4 rings (SSSR count). The molecular weight excluding hydrogens is 392 g/mol. The molecule has 7 nitrogen and oxygen atoms in total. The highest BCUT2D eigenvalue weighted by molar-refractivity contribution is 6.30. The highest BCUT2D eigenvalue weighted by Crippen LogP contribution is 2.27. The molecule has 1 unspecified atom stereocenters. The predicted molar refractivity (Wildman–Crippen MR) is 109 cm³/mol. The molecule has 3 heterocycles. The van der Waals surface area contributed by atoms with E-state index in [0.717, 1.165) is 30.6 Å². The number of benzene rings is 1. The van der Waals surface area contributed by atoms with Gasteiger partial charge < -0.3 is 14.5 Å². The second-order valence-electron chi connectivity index (χ2n) is 7.60. The first-order valence-corrected chi connectivity index (χ1v) is 10.4. The summed E-state index contributed by atoms with van der Waals surface area (Å²) in [4.78, 5) is 29.0. The lowest BCUT2D eigenvalue weighted by atomic mass is 9.94. The molecule has 154 valence electrons. The zero-order valence-electron chi connectivity index (χ0n) is 16.3. The molecule has 1 aromatic heterocycles. The van der Waals surface area contributed by atoms with Crippen LogP contribution < -0.4 is 0 Å². The number of aromatic amines is 1. The lowest BCUT2D eigenvalue weighted by Crippen LogP contribution is -2.40. The molecule has 29 heavy (non-hydrogen) atoms. The quantitative estimate of drug-likeness (QED) is 0.830. The van der Waals surface area contributed by atoms with E-state index in [2.05, 4.69) is 10.2 Å². The van der Waals surface area contributed by atoms with Gasteiger partial charge in [0.05, 0.1) is 19.6 Å². The van der Waals surface area contributed by atoms with E-state index in [0.29, 0.717) is 50.0 Å². The van der Waals surface area contributed by atoms with Gasteiger partial charge in [0.25, 0.3) is 5.91 Å². The van der Waals surface area contributed by atoms with Crippen molar-refractivity contribution >= 4 is 23.4 Å². The van der Waals surface area contributed by atoms with E-state index >= 15 is 0 Å². The summed E-state index contributed by atoms with van der Waals surface area (Å²) in [5.74, 6) is 0.208. The van der Waals surface area contributed by atoms with Crippen LogP contribution in [0.4, 0.5) is 0 Å². The Balaban J connectivity index is 1.38. The Morgan fingerprint density at radius 2 is 1.90 bits per heavy atom. The maximum absolute atomic E-state index is 12.7. The van der Waals surface area contributed by atoms with Gasteiger partial charge in [-0.15, -0.1) is 0 Å². The first-order chi connectivity index (χ1) is 14.1. The van der Waals surface area contributed by atoms with Gasteiger partial charge in [0.15, 0.2) is 0 Å². The molecule has 2 saturated heterocycles. The van der Waals surface area contributed by atoms with Gasteiger partial charge in [-0.25, -0.2) is 0 Å². The molecule has 0 aliphatic carbocycles. The molecule has 2 aliphatic heterocycles. The normalized spacial score (nSPS) is 20.0. The highest BCUT2D eigenvalue weighted by atomic mass is 35.5. The topological polar surface area (TPSA) is 78.5 Å². The standard InChI is InChI=1S/C21H25ClN4O3/c22-17-5-3-15(4-6-17)12-20(27)26-7-1-2-16(14-26)18-13-19(24-23-18)21(28)25-8-10-29-11-9-25/h3-6,13,16H,1-2,7-12,14H2,(H,23,24). The summed E-state index contributed by atoms with van der Waals surface area (Å²) >= 11 is 5.92. The van der Waals surface area contributed by atoms with Gasteiger partial charge >= 0.3 is 0 Å². The zero-order chi connectivity index (χ0) is 20.2. The van der Waals surface area contributed by atoms with Crippen LogP contribution in [0.2, 0.25) is 5.02 Å². The van der Waals surface area contributed by atoms with Crippen molar-refractivity contribution in [3.05, 3.63) is 52.3 Å². The average molecular weight is 417 g/mol. The molecule has 1 atom stereocenters. The number of hydrogen-bond donors (Lipinski definition) is 1. The smallest absolute Gasteiger partial charge is 0.274 e. The number of morpholine rings is 1. The number of aromatic nitrogens is 2. The largest absolute Gasteiger partial charge is 0.378 e. The van der Waals surface area contributed by atoms with Crippen LogP contribution in [0.25, 0.3) is 0 Å². The van der Waals surface area contributed by atoms with Crippen molar-refractivity contribution < 1.29 is 14.3 Å². The Hall–Kier alpha value is -2.38. The Kier molecular flexibility index (Phi) is 6.16. The van der Waals surface area contributed by atoms with Gasteiger partial charge in [0.1, 0.15) is 5.69 Å². The van der Waals surface area contributed by atoms with E-state index in [1.165, 1.54) is 0 Å². The van der Waals surface area contributed by atoms with Gasteiger partial charge in [-0.3, -0.25) is 14.7 Å². The summed E-state index contributed by atoms with van der Waals surface area (Å²) in [6.07, 6.45) is 2.27. The van der Waals surface area contributed by atoms with Crippen LogP contribution in [0.15, 0.2) is 30.3 Å². The molecule has 1 aromatic carbocycles.